The minimum atomic E-state index is -1.29. The van der Waals surface area contributed by atoms with E-state index in [-0.39, 0.29) is 6.04 Å². The van der Waals surface area contributed by atoms with Crippen molar-refractivity contribution in [3.63, 3.8) is 0 Å². The van der Waals surface area contributed by atoms with E-state index in [4.69, 9.17) is 10.8 Å². The van der Waals surface area contributed by atoms with Gasteiger partial charge >= 0.3 is 12.0 Å². The maximum absolute atomic E-state index is 11.8. The zero-order valence-corrected chi connectivity index (χ0v) is 11.0. The van der Waals surface area contributed by atoms with Crippen LogP contribution in [0.25, 0.3) is 0 Å². The number of nitrogens with zero attached hydrogens (tertiary/aromatic N) is 1. The van der Waals surface area contributed by atoms with Crippen molar-refractivity contribution in [2.45, 2.75) is 45.2 Å². The van der Waals surface area contributed by atoms with Crippen LogP contribution >= 0.6 is 0 Å². The van der Waals surface area contributed by atoms with Gasteiger partial charge in [-0.15, -0.1) is 0 Å². The van der Waals surface area contributed by atoms with Crippen molar-refractivity contribution in [3.05, 3.63) is 0 Å². The number of nitrogens with one attached hydrogen (secondary N) is 1. The van der Waals surface area contributed by atoms with Crippen LogP contribution in [0.2, 0.25) is 0 Å². The monoisotopic (exact) mass is 259 g/mol. The summed E-state index contributed by atoms with van der Waals surface area (Å²) < 4.78 is 0. The zero-order chi connectivity index (χ0) is 14.3. The van der Waals surface area contributed by atoms with Gasteiger partial charge in [0.1, 0.15) is 6.04 Å². The first-order chi connectivity index (χ1) is 8.33. The number of aliphatic carboxylic acids is 1. The van der Waals surface area contributed by atoms with Crippen LogP contribution in [0.4, 0.5) is 4.79 Å². The summed E-state index contributed by atoms with van der Waals surface area (Å²) in [5, 5.41) is 11.1. The average Bonchev–Trinajstić information content (AvgIpc) is 2.28. The number of hydrogen-bond acceptors (Lipinski definition) is 3. The summed E-state index contributed by atoms with van der Waals surface area (Å²) in [5.41, 5.74) is 4.93. The minimum absolute atomic E-state index is 0.0352. The lowest BCUT2D eigenvalue weighted by Crippen LogP contribution is -2.50. The lowest BCUT2D eigenvalue weighted by Gasteiger charge is -2.27. The van der Waals surface area contributed by atoms with Crippen molar-refractivity contribution in [1.29, 1.82) is 0 Å². The molecule has 0 aliphatic rings. The Morgan fingerprint density at radius 1 is 1.28 bits per heavy atom. The third-order valence-corrected chi connectivity index (χ3v) is 2.81. The van der Waals surface area contributed by atoms with E-state index >= 15 is 0 Å². The highest BCUT2D eigenvalue weighted by Crippen LogP contribution is 2.06. The first kappa shape index (κ1) is 16.2. The fourth-order valence-electron chi connectivity index (χ4n) is 1.65. The van der Waals surface area contributed by atoms with E-state index < -0.39 is 30.4 Å². The summed E-state index contributed by atoms with van der Waals surface area (Å²) >= 11 is 0. The number of carboxylic acid groups (broad SMARTS) is 1. The van der Waals surface area contributed by atoms with Crippen molar-refractivity contribution < 1.29 is 19.5 Å². The van der Waals surface area contributed by atoms with Gasteiger partial charge in [0.25, 0.3) is 0 Å². The Morgan fingerprint density at radius 2 is 1.78 bits per heavy atom. The van der Waals surface area contributed by atoms with Crippen molar-refractivity contribution in [1.82, 2.24) is 10.2 Å². The van der Waals surface area contributed by atoms with Crippen LogP contribution in [-0.2, 0) is 9.59 Å². The van der Waals surface area contributed by atoms with E-state index in [9.17, 15) is 14.4 Å². The Balaban J connectivity index is 4.59. The van der Waals surface area contributed by atoms with Crippen LogP contribution in [0.3, 0.4) is 0 Å². The molecule has 0 aromatic rings. The topological polar surface area (TPSA) is 113 Å². The SMILES string of the molecule is CCC(CC)N(C)C(=O)N[C@@H](CC(N)=O)C(=O)O. The van der Waals surface area contributed by atoms with E-state index in [2.05, 4.69) is 5.32 Å². The molecule has 0 rings (SSSR count). The van der Waals surface area contributed by atoms with Gasteiger partial charge in [-0.2, -0.15) is 0 Å². The molecule has 4 N–H and O–H groups in total. The van der Waals surface area contributed by atoms with Gasteiger partial charge in [-0.3, -0.25) is 4.79 Å². The molecule has 0 aliphatic carbocycles. The summed E-state index contributed by atoms with van der Waals surface area (Å²) in [6, 6.07) is -1.77. The number of nitrogens with two attached hydrogens (primary N) is 1. The molecule has 0 aromatic heterocycles. The van der Waals surface area contributed by atoms with Crippen molar-refractivity contribution in [2.75, 3.05) is 7.05 Å². The fourth-order valence-corrected chi connectivity index (χ4v) is 1.65. The van der Waals surface area contributed by atoms with E-state index in [1.807, 2.05) is 13.8 Å². The maximum atomic E-state index is 11.8. The Morgan fingerprint density at radius 3 is 2.11 bits per heavy atom. The molecule has 0 radical (unpaired) electrons. The Labute approximate surface area is 106 Å². The van der Waals surface area contributed by atoms with Crippen LogP contribution in [0.15, 0.2) is 0 Å². The molecule has 0 unspecified atom stereocenters. The van der Waals surface area contributed by atoms with Crippen molar-refractivity contribution in [3.8, 4) is 0 Å². The summed E-state index contributed by atoms with van der Waals surface area (Å²) in [6.45, 7) is 3.88. The highest BCUT2D eigenvalue weighted by molar-refractivity contribution is 5.87. The van der Waals surface area contributed by atoms with Crippen molar-refractivity contribution in [2.24, 2.45) is 5.73 Å². The fraction of sp³-hybridized carbons (Fsp3) is 0.727. The number of carbonyl (C=O) groups excluding carboxylic acids is 2. The number of amides is 3. The third kappa shape index (κ3) is 5.03. The Bertz CT molecular complexity index is 315. The average molecular weight is 259 g/mol. The molecule has 3 amide bonds. The van der Waals surface area contributed by atoms with Gasteiger partial charge in [0.15, 0.2) is 0 Å². The first-order valence-corrected chi connectivity index (χ1v) is 5.87. The number of primary amides is 1. The zero-order valence-electron chi connectivity index (χ0n) is 11.0. The molecule has 0 aromatic carbocycles. The second kappa shape index (κ2) is 7.52. The molecule has 0 bridgehead atoms. The molecule has 7 nitrogen and oxygen atoms in total. The van der Waals surface area contributed by atoms with Crippen LogP contribution in [-0.4, -0.2) is 47.0 Å². The van der Waals surface area contributed by atoms with E-state index in [0.717, 1.165) is 12.8 Å². The van der Waals surface area contributed by atoms with Crippen LogP contribution in [0.1, 0.15) is 33.1 Å². The quantitative estimate of drug-likeness (QED) is 0.603. The van der Waals surface area contributed by atoms with E-state index in [0.29, 0.717) is 0 Å². The third-order valence-electron chi connectivity index (χ3n) is 2.81. The maximum Gasteiger partial charge on any atom is 0.326 e. The molecule has 104 valence electrons. The molecule has 18 heavy (non-hydrogen) atoms. The van der Waals surface area contributed by atoms with Crippen molar-refractivity contribution >= 4 is 17.9 Å². The lowest BCUT2D eigenvalue weighted by atomic mass is 10.1. The van der Waals surface area contributed by atoms with Gasteiger partial charge in [0.2, 0.25) is 5.91 Å². The molecular weight excluding hydrogens is 238 g/mol. The summed E-state index contributed by atoms with van der Waals surface area (Å²) in [7, 11) is 1.59. The number of rotatable bonds is 7. The molecule has 0 heterocycles. The molecule has 0 aliphatic heterocycles. The van der Waals surface area contributed by atoms with Gasteiger partial charge in [0.05, 0.1) is 6.42 Å². The molecule has 0 spiro atoms. The van der Waals surface area contributed by atoms with Crippen LogP contribution in [0.5, 0.6) is 0 Å². The smallest absolute Gasteiger partial charge is 0.326 e. The predicted octanol–water partition coefficient (Wildman–Crippen LogP) is 0.145. The molecule has 0 saturated heterocycles. The molecule has 0 saturated carbocycles. The van der Waals surface area contributed by atoms with E-state index in [1.54, 1.807) is 7.05 Å². The largest absolute Gasteiger partial charge is 0.480 e. The van der Waals surface area contributed by atoms with Crippen LogP contribution < -0.4 is 11.1 Å². The normalized spacial score (nSPS) is 12.0. The van der Waals surface area contributed by atoms with E-state index in [1.165, 1.54) is 4.90 Å². The molecular formula is C11H21N3O4. The highest BCUT2D eigenvalue weighted by Gasteiger charge is 2.25. The number of carbonyl (C=O) groups is 3. The minimum Gasteiger partial charge on any atom is -0.480 e. The number of urea groups is 1. The number of carboxylic acids is 1. The Kier molecular flexibility index (Phi) is 6.77. The van der Waals surface area contributed by atoms with Gasteiger partial charge < -0.3 is 21.1 Å². The van der Waals surface area contributed by atoms with Gasteiger partial charge in [-0.25, -0.2) is 9.59 Å². The molecule has 0 fully saturated rings. The van der Waals surface area contributed by atoms with Gasteiger partial charge in [0, 0.05) is 13.1 Å². The van der Waals surface area contributed by atoms with Gasteiger partial charge in [-0.05, 0) is 12.8 Å². The lowest BCUT2D eigenvalue weighted by molar-refractivity contribution is -0.141. The predicted molar refractivity (Wildman–Crippen MR) is 65.9 cm³/mol. The Hall–Kier alpha value is -1.79. The summed E-state index contributed by atoms with van der Waals surface area (Å²) in [4.78, 5) is 34.8. The summed E-state index contributed by atoms with van der Waals surface area (Å²) in [5.74, 6) is -2.05. The standard InChI is InChI=1S/C11H21N3O4/c1-4-7(5-2)14(3)11(18)13-8(10(16)17)6-9(12)15/h7-8H,4-6H2,1-3H3,(H2,12,15)(H,13,18)(H,16,17)/t8-/m0/s1. The molecule has 1 atom stereocenters. The van der Waals surface area contributed by atoms with Crippen LogP contribution in [0, 0.1) is 0 Å². The first-order valence-electron chi connectivity index (χ1n) is 5.87. The number of hydrogen-bond donors (Lipinski definition) is 3. The van der Waals surface area contributed by atoms with Gasteiger partial charge in [-0.1, -0.05) is 13.8 Å². The molecule has 7 heteroatoms. The summed E-state index contributed by atoms with van der Waals surface area (Å²) in [6.07, 6.45) is 1.12. The second-order valence-corrected chi connectivity index (χ2v) is 4.09. The highest BCUT2D eigenvalue weighted by atomic mass is 16.4. The second-order valence-electron chi connectivity index (χ2n) is 4.09.